The molecule has 0 radical (unpaired) electrons. The minimum atomic E-state index is -1.77. The molecule has 0 fully saturated rings. The van der Waals surface area contributed by atoms with Crippen LogP contribution in [0.3, 0.4) is 0 Å². The van der Waals surface area contributed by atoms with E-state index in [2.05, 4.69) is 88.7 Å². The zero-order valence-electron chi connectivity index (χ0n) is 56.4. The van der Waals surface area contributed by atoms with Gasteiger partial charge in [-0.15, -0.1) is 0 Å². The van der Waals surface area contributed by atoms with Gasteiger partial charge in [-0.1, -0.05) is 124 Å². The summed E-state index contributed by atoms with van der Waals surface area (Å²) in [5.41, 5.74) is 7.93. The Balaban J connectivity index is 1.89. The summed E-state index contributed by atoms with van der Waals surface area (Å²) in [6.45, 7) is 19.4. The number of thiol groups is 2. The standard InChI is InChI=1S/C65H99N13O16S2/c1-13-35(10)52(77-64(92)53(37(12)79)78-61(89)48(30-96)75-58(86)45(26-39-28-67-41-22-18-17-21-40(39)41)69-54(82)36(11)68-62(90)50(66)33(6)7)63(91)73-44(25-38-19-15-14-16-20-38)57(85)70-43(24-32(4)5)56(84)74-47(29-95)60(88)71-42(23-31(2)3)55(83)72-46(27-49(80)81)59(87)76-51(34(8)9)65(93)94/h14-22,28,31-37,42-48,50-53,67,79,95-96H,13,23-27,29-30,66H2,1-12H3,(H,68,90)(H,69,82)(H,70,85)(H,71,88)(H,72,83)(H,73,91)(H,74,84)(H,75,86)(H,76,87)(H,77,92)(H,78,89)(H,80,81)(H,93,94)/t35-,36-,37+,42-,43-,44-,45-,46-,47-,48-,50-,51-,52-,53-/m0/s1. The molecule has 17 N–H and O–H groups in total. The van der Waals surface area contributed by atoms with Crippen molar-refractivity contribution in [3.05, 3.63) is 71.9 Å². The number of benzene rings is 2. The Bertz CT molecular complexity index is 3170. The fourth-order valence-corrected chi connectivity index (χ4v) is 10.5. The van der Waals surface area contributed by atoms with Gasteiger partial charge < -0.3 is 84.5 Å². The van der Waals surface area contributed by atoms with Crippen LogP contribution < -0.4 is 64.2 Å². The van der Waals surface area contributed by atoms with Crippen LogP contribution in [-0.4, -0.2) is 187 Å². The third-order valence-electron chi connectivity index (χ3n) is 15.8. The van der Waals surface area contributed by atoms with Crippen LogP contribution in [0.4, 0.5) is 0 Å². The average molecular weight is 1380 g/mol. The Morgan fingerprint density at radius 3 is 1.35 bits per heavy atom. The Kier molecular flexibility index (Phi) is 33.9. The highest BCUT2D eigenvalue weighted by atomic mass is 32.1. The second-order valence-electron chi connectivity index (χ2n) is 25.6. The third-order valence-corrected chi connectivity index (χ3v) is 16.6. The van der Waals surface area contributed by atoms with Crippen molar-refractivity contribution >= 4 is 113 Å². The third kappa shape index (κ3) is 26.0. The number of carbonyl (C=O) groups excluding carboxylic acids is 11. The van der Waals surface area contributed by atoms with Gasteiger partial charge in [-0.2, -0.15) is 25.3 Å². The molecule has 29 nitrogen and oxygen atoms in total. The Hall–Kier alpha value is -8.29. The van der Waals surface area contributed by atoms with Gasteiger partial charge in [0.1, 0.15) is 66.5 Å². The SMILES string of the molecule is CC[C@H](C)[C@H](NC(=O)[C@@H](NC(=O)[C@H](CS)NC(=O)[C@H](Cc1c[nH]c2ccccc12)NC(=O)[C@H](C)NC(=O)[C@@H](N)C(C)C)[C@@H](C)O)C(=O)N[C@@H](Cc1ccccc1)C(=O)N[C@@H](CC(C)C)C(=O)N[C@@H](CS)C(=O)N[C@@H](CC(C)C)C(=O)N[C@@H](CC(=O)O)C(=O)N[C@H](C(=O)O)C(C)C. The largest absolute Gasteiger partial charge is 0.481 e. The van der Waals surface area contributed by atoms with E-state index < -0.39 is 174 Å². The maximum Gasteiger partial charge on any atom is 0.326 e. The number of aromatic amines is 1. The molecule has 3 rings (SSSR count). The molecule has 1 heterocycles. The lowest BCUT2D eigenvalue weighted by molar-refractivity contribution is -0.144. The lowest BCUT2D eigenvalue weighted by Gasteiger charge is -2.30. The first-order valence-corrected chi connectivity index (χ1v) is 33.3. The van der Waals surface area contributed by atoms with Gasteiger partial charge in [0.05, 0.1) is 18.6 Å². The van der Waals surface area contributed by atoms with Crippen LogP contribution in [-0.2, 0) is 75.2 Å². The van der Waals surface area contributed by atoms with Crippen molar-refractivity contribution in [2.75, 3.05) is 11.5 Å². The first kappa shape index (κ1) is 81.9. The monoisotopic (exact) mass is 1380 g/mol. The molecular formula is C65H99N13O16S2. The summed E-state index contributed by atoms with van der Waals surface area (Å²) in [5, 5.41) is 59.0. The van der Waals surface area contributed by atoms with E-state index in [1.165, 1.54) is 27.7 Å². The van der Waals surface area contributed by atoms with Gasteiger partial charge in [-0.3, -0.25) is 57.5 Å². The van der Waals surface area contributed by atoms with E-state index in [0.29, 0.717) is 11.1 Å². The predicted molar refractivity (Wildman–Crippen MR) is 364 cm³/mol. The number of nitrogens with one attached hydrogen (secondary N) is 12. The molecule has 0 unspecified atom stereocenters. The summed E-state index contributed by atoms with van der Waals surface area (Å²) in [4.78, 5) is 181. The summed E-state index contributed by atoms with van der Waals surface area (Å²) in [6.07, 6.45) is -0.929. The van der Waals surface area contributed by atoms with Gasteiger partial charge in [-0.05, 0) is 73.5 Å². The van der Waals surface area contributed by atoms with E-state index >= 15 is 0 Å². The van der Waals surface area contributed by atoms with Crippen molar-refractivity contribution in [2.45, 2.75) is 200 Å². The molecule has 14 atom stereocenters. The summed E-state index contributed by atoms with van der Waals surface area (Å²) in [6, 6.07) is -1.28. The fourth-order valence-electron chi connectivity index (χ4n) is 9.94. The number of aliphatic hydroxyl groups is 1. The number of fused-ring (bicyclic) bond motifs is 1. The maximum atomic E-state index is 14.6. The molecule has 31 heteroatoms. The van der Waals surface area contributed by atoms with Crippen molar-refractivity contribution in [1.82, 2.24) is 63.5 Å². The number of carbonyl (C=O) groups is 13. The highest BCUT2D eigenvalue weighted by molar-refractivity contribution is 7.80. The van der Waals surface area contributed by atoms with E-state index in [9.17, 15) is 77.6 Å². The van der Waals surface area contributed by atoms with Gasteiger partial charge in [0.15, 0.2) is 0 Å². The molecule has 0 bridgehead atoms. The van der Waals surface area contributed by atoms with Crippen LogP contribution in [0, 0.1) is 29.6 Å². The number of carboxylic acids is 2. The lowest BCUT2D eigenvalue weighted by Crippen LogP contribution is -2.63. The van der Waals surface area contributed by atoms with Crippen LogP contribution in [0.1, 0.15) is 120 Å². The Morgan fingerprint density at radius 2 is 0.875 bits per heavy atom. The molecule has 0 aliphatic heterocycles. The number of nitrogens with two attached hydrogens (primary N) is 1. The van der Waals surface area contributed by atoms with Crippen molar-refractivity contribution in [1.29, 1.82) is 0 Å². The first-order chi connectivity index (χ1) is 45.0. The number of aliphatic hydroxyl groups excluding tert-OH is 1. The summed E-state index contributed by atoms with van der Waals surface area (Å²) in [7, 11) is 0. The Labute approximate surface area is 570 Å². The van der Waals surface area contributed by atoms with Crippen LogP contribution in [0.2, 0.25) is 0 Å². The number of para-hydroxylation sites is 1. The number of H-pyrrole nitrogens is 1. The number of aromatic nitrogens is 1. The van der Waals surface area contributed by atoms with Crippen molar-refractivity contribution in [3.8, 4) is 0 Å². The van der Waals surface area contributed by atoms with Crippen molar-refractivity contribution in [3.63, 3.8) is 0 Å². The van der Waals surface area contributed by atoms with Gasteiger partial charge >= 0.3 is 11.9 Å². The number of carboxylic acid groups (broad SMARTS) is 2. The maximum absolute atomic E-state index is 14.6. The molecule has 0 spiro atoms. The number of aliphatic carboxylic acids is 2. The fraction of sp³-hybridized carbons (Fsp3) is 0.585. The van der Waals surface area contributed by atoms with Crippen LogP contribution in [0.25, 0.3) is 10.9 Å². The van der Waals surface area contributed by atoms with Gasteiger partial charge in [-0.25, -0.2) is 4.79 Å². The Morgan fingerprint density at radius 1 is 0.458 bits per heavy atom. The zero-order valence-corrected chi connectivity index (χ0v) is 58.2. The van der Waals surface area contributed by atoms with E-state index in [0.717, 1.165) is 10.9 Å². The number of amides is 11. The molecule has 3 aromatic rings. The molecule has 0 aliphatic carbocycles. The van der Waals surface area contributed by atoms with Crippen molar-refractivity contribution < 1.29 is 77.6 Å². The molecule has 0 aliphatic rings. The smallest absolute Gasteiger partial charge is 0.326 e. The second-order valence-corrected chi connectivity index (χ2v) is 26.3. The number of hydrogen-bond donors (Lipinski definition) is 18. The highest BCUT2D eigenvalue weighted by Gasteiger charge is 2.39. The molecule has 532 valence electrons. The molecule has 0 saturated heterocycles. The highest BCUT2D eigenvalue weighted by Crippen LogP contribution is 2.20. The van der Waals surface area contributed by atoms with E-state index in [1.807, 2.05) is 18.2 Å². The predicted octanol–water partition coefficient (Wildman–Crippen LogP) is -0.117. The molecule has 11 amide bonds. The summed E-state index contributed by atoms with van der Waals surface area (Å²) in [5.74, 6) is -15.5. The normalized spacial score (nSPS) is 15.8. The minimum absolute atomic E-state index is 0.0118. The second kappa shape index (κ2) is 39.7. The van der Waals surface area contributed by atoms with E-state index in [1.54, 1.807) is 98.0 Å². The molecular weight excluding hydrogens is 1280 g/mol. The van der Waals surface area contributed by atoms with Crippen molar-refractivity contribution in [2.24, 2.45) is 35.3 Å². The molecule has 2 aromatic carbocycles. The average Bonchev–Trinajstić information content (AvgIpc) is 1.61. The minimum Gasteiger partial charge on any atom is -0.481 e. The quantitative estimate of drug-likeness (QED) is 0.0330. The number of hydrogen-bond acceptors (Lipinski definition) is 17. The zero-order chi connectivity index (χ0) is 72.4. The molecule has 96 heavy (non-hydrogen) atoms. The van der Waals surface area contributed by atoms with Crippen LogP contribution in [0.5, 0.6) is 0 Å². The van der Waals surface area contributed by atoms with Gasteiger partial charge in [0.2, 0.25) is 65.0 Å². The first-order valence-electron chi connectivity index (χ1n) is 32.1. The topological polar surface area (TPSA) is 457 Å². The summed E-state index contributed by atoms with van der Waals surface area (Å²) < 4.78 is 0. The van der Waals surface area contributed by atoms with Crippen LogP contribution in [0.15, 0.2) is 60.8 Å². The molecule has 0 saturated carbocycles. The van der Waals surface area contributed by atoms with E-state index in [-0.39, 0.29) is 61.4 Å². The number of rotatable bonds is 40. The van der Waals surface area contributed by atoms with Crippen LogP contribution >= 0.6 is 25.3 Å². The summed E-state index contributed by atoms with van der Waals surface area (Å²) >= 11 is 8.61. The van der Waals surface area contributed by atoms with Gasteiger partial charge in [0, 0.05) is 41.4 Å². The molecule has 1 aromatic heterocycles. The van der Waals surface area contributed by atoms with E-state index in [4.69, 9.17) is 5.73 Å². The lowest BCUT2D eigenvalue weighted by atomic mass is 9.96. The van der Waals surface area contributed by atoms with Gasteiger partial charge in [0.25, 0.3) is 0 Å².